The van der Waals surface area contributed by atoms with E-state index < -0.39 is 33.7 Å². The summed E-state index contributed by atoms with van der Waals surface area (Å²) in [5.41, 5.74) is 0.577. The van der Waals surface area contributed by atoms with E-state index in [2.05, 4.69) is 20.3 Å². The van der Waals surface area contributed by atoms with Gasteiger partial charge in [-0.1, -0.05) is 12.1 Å². The largest absolute Gasteiger partial charge is 0.324 e. The number of amidine groups is 1. The highest BCUT2D eigenvalue weighted by Gasteiger charge is 2.31. The molecule has 0 spiro atoms. The van der Waals surface area contributed by atoms with E-state index in [1.54, 1.807) is 18.2 Å². The fraction of sp³-hybridized carbons (Fsp3) is 0.167. The molecule has 0 aliphatic carbocycles. The van der Waals surface area contributed by atoms with Crippen molar-refractivity contribution in [3.05, 3.63) is 53.8 Å². The number of benzene rings is 2. The summed E-state index contributed by atoms with van der Waals surface area (Å²) in [5, 5.41) is 4.89. The minimum atomic E-state index is -3.70. The molecule has 10 heteroatoms. The van der Waals surface area contributed by atoms with Gasteiger partial charge >= 0.3 is 0 Å². The molecule has 0 unspecified atom stereocenters. The van der Waals surface area contributed by atoms with Gasteiger partial charge in [0, 0.05) is 18.2 Å². The normalized spacial score (nSPS) is 16.8. The zero-order chi connectivity index (χ0) is 20.5. The second-order valence-corrected chi connectivity index (χ2v) is 7.77. The van der Waals surface area contributed by atoms with Crippen LogP contribution in [0.15, 0.2) is 52.4 Å². The number of carbonyl (C=O) groups excluding carboxylic acids is 2. The number of rotatable bonds is 4. The Labute approximate surface area is 160 Å². The van der Waals surface area contributed by atoms with Crippen molar-refractivity contribution in [2.75, 3.05) is 10.6 Å². The molecule has 1 heterocycles. The van der Waals surface area contributed by atoms with Gasteiger partial charge in [0.25, 0.3) is 10.0 Å². The van der Waals surface area contributed by atoms with Crippen molar-refractivity contribution in [3.8, 4) is 0 Å². The lowest BCUT2D eigenvalue weighted by Crippen LogP contribution is -2.29. The molecule has 1 aliphatic heterocycles. The molecule has 146 valence electrons. The predicted molar refractivity (Wildman–Crippen MR) is 102 cm³/mol. The Balaban J connectivity index is 1.79. The van der Waals surface area contributed by atoms with Crippen molar-refractivity contribution < 1.29 is 22.4 Å². The number of aliphatic imine (C=N–C) groups is 1. The van der Waals surface area contributed by atoms with Gasteiger partial charge in [-0.05, 0) is 37.3 Å². The van der Waals surface area contributed by atoms with Crippen LogP contribution in [0.5, 0.6) is 0 Å². The van der Waals surface area contributed by atoms with Crippen molar-refractivity contribution in [2.24, 2.45) is 4.99 Å². The number of nitrogens with zero attached hydrogens (tertiary/aromatic N) is 1. The Morgan fingerprint density at radius 1 is 1.14 bits per heavy atom. The van der Waals surface area contributed by atoms with Crippen molar-refractivity contribution in [1.29, 1.82) is 0 Å². The fourth-order valence-electron chi connectivity index (χ4n) is 2.62. The number of fused-ring (bicyclic) bond motifs is 1. The minimum Gasteiger partial charge on any atom is -0.324 e. The van der Waals surface area contributed by atoms with Crippen LogP contribution >= 0.6 is 0 Å². The minimum absolute atomic E-state index is 0.0678. The topological polar surface area (TPSA) is 117 Å². The first-order chi connectivity index (χ1) is 13.2. The van der Waals surface area contributed by atoms with Gasteiger partial charge in [0.1, 0.15) is 17.7 Å². The first kappa shape index (κ1) is 19.5. The highest BCUT2D eigenvalue weighted by molar-refractivity contribution is 7.90. The van der Waals surface area contributed by atoms with Crippen LogP contribution in [0.2, 0.25) is 0 Å². The van der Waals surface area contributed by atoms with E-state index in [0.29, 0.717) is 5.56 Å². The molecule has 1 atom stereocenters. The van der Waals surface area contributed by atoms with Crippen LogP contribution in [0.25, 0.3) is 0 Å². The Bertz CT molecular complexity index is 1100. The van der Waals surface area contributed by atoms with Gasteiger partial charge < -0.3 is 10.6 Å². The van der Waals surface area contributed by atoms with Crippen molar-refractivity contribution in [2.45, 2.75) is 24.8 Å². The molecule has 0 fully saturated rings. The summed E-state index contributed by atoms with van der Waals surface area (Å²) in [6, 6.07) is 9.11. The molecule has 8 nitrogen and oxygen atoms in total. The molecular formula is C18H17FN4O4S. The number of sulfonamides is 1. The zero-order valence-corrected chi connectivity index (χ0v) is 15.8. The summed E-state index contributed by atoms with van der Waals surface area (Å²) in [5.74, 6) is -1.54. The predicted octanol–water partition coefficient (Wildman–Crippen LogP) is 1.85. The average Bonchev–Trinajstić information content (AvgIpc) is 2.88. The molecule has 2 aromatic carbocycles. The number of hydrogen-bond acceptors (Lipinski definition) is 5. The van der Waals surface area contributed by atoms with E-state index in [1.165, 1.54) is 32.0 Å². The van der Waals surface area contributed by atoms with Gasteiger partial charge in [-0.2, -0.15) is 0 Å². The second-order valence-electron chi connectivity index (χ2n) is 6.12. The molecule has 0 saturated heterocycles. The van der Waals surface area contributed by atoms with Gasteiger partial charge in [-0.15, -0.1) is 0 Å². The smallest absolute Gasteiger partial charge is 0.263 e. The van der Waals surface area contributed by atoms with Crippen LogP contribution in [0.1, 0.15) is 19.4 Å². The molecule has 28 heavy (non-hydrogen) atoms. The molecule has 0 saturated carbocycles. The molecule has 1 aliphatic rings. The third-order valence-electron chi connectivity index (χ3n) is 3.91. The number of hydrogen-bond donors (Lipinski definition) is 3. The Kier molecular flexibility index (Phi) is 5.14. The summed E-state index contributed by atoms with van der Waals surface area (Å²) in [4.78, 5) is 27.8. The highest BCUT2D eigenvalue weighted by atomic mass is 32.2. The van der Waals surface area contributed by atoms with E-state index in [1.807, 2.05) is 0 Å². The molecule has 0 radical (unpaired) electrons. The first-order valence-electron chi connectivity index (χ1n) is 8.25. The summed E-state index contributed by atoms with van der Waals surface area (Å²) in [6.45, 7) is 2.74. The highest BCUT2D eigenvalue weighted by Crippen LogP contribution is 2.23. The SMILES string of the molecule is CC(=O)Nc1cc(NC(=O)[C@H](C)N=C2NS(=O)(=O)c3ccccc32)ccc1F. The maximum absolute atomic E-state index is 13.7. The third-order valence-corrected chi connectivity index (χ3v) is 5.31. The second kappa shape index (κ2) is 7.39. The monoisotopic (exact) mass is 404 g/mol. The molecule has 0 bridgehead atoms. The fourth-order valence-corrected chi connectivity index (χ4v) is 3.86. The van der Waals surface area contributed by atoms with Gasteiger partial charge in [-0.25, -0.2) is 12.8 Å². The molecule has 2 aromatic rings. The van der Waals surface area contributed by atoms with Crippen LogP contribution in [0.4, 0.5) is 15.8 Å². The molecule has 3 N–H and O–H groups in total. The molecule has 2 amide bonds. The summed E-state index contributed by atoms with van der Waals surface area (Å²) in [6.07, 6.45) is 0. The summed E-state index contributed by atoms with van der Waals surface area (Å²) in [7, 11) is -3.70. The third kappa shape index (κ3) is 4.01. The number of nitrogens with one attached hydrogen (secondary N) is 3. The first-order valence-corrected chi connectivity index (χ1v) is 9.74. The summed E-state index contributed by atoms with van der Waals surface area (Å²) >= 11 is 0. The van der Waals surface area contributed by atoms with Crippen molar-refractivity contribution in [1.82, 2.24) is 4.72 Å². The number of carbonyl (C=O) groups is 2. The summed E-state index contributed by atoms with van der Waals surface area (Å²) < 4.78 is 40.2. The van der Waals surface area contributed by atoms with Crippen LogP contribution in [-0.2, 0) is 19.6 Å². The number of halogens is 1. The number of anilines is 2. The van der Waals surface area contributed by atoms with Crippen molar-refractivity contribution in [3.63, 3.8) is 0 Å². The Morgan fingerprint density at radius 3 is 2.57 bits per heavy atom. The zero-order valence-electron chi connectivity index (χ0n) is 15.0. The average molecular weight is 404 g/mol. The van der Waals surface area contributed by atoms with Crippen LogP contribution in [0.3, 0.4) is 0 Å². The lowest BCUT2D eigenvalue weighted by Gasteiger charge is -2.11. The lowest BCUT2D eigenvalue weighted by atomic mass is 10.2. The molecule has 0 aromatic heterocycles. The van der Waals surface area contributed by atoms with E-state index in [0.717, 1.165) is 6.07 Å². The quantitative estimate of drug-likeness (QED) is 0.721. The van der Waals surface area contributed by atoms with Gasteiger partial charge in [0.2, 0.25) is 11.8 Å². The molecular weight excluding hydrogens is 387 g/mol. The van der Waals surface area contributed by atoms with Gasteiger partial charge in [-0.3, -0.25) is 19.3 Å². The van der Waals surface area contributed by atoms with E-state index in [4.69, 9.17) is 0 Å². The van der Waals surface area contributed by atoms with Gasteiger partial charge in [0.15, 0.2) is 0 Å². The Morgan fingerprint density at radius 2 is 1.86 bits per heavy atom. The standard InChI is InChI=1S/C18H17FN4O4S/c1-10(20-17-13-5-3-4-6-16(13)28(26,27)23-17)18(25)22-12-7-8-14(19)15(9-12)21-11(2)24/h3-10H,1-2H3,(H,20,23)(H,21,24)(H,22,25)/t10-/m0/s1. The van der Waals surface area contributed by atoms with Gasteiger partial charge in [0.05, 0.1) is 10.6 Å². The molecule has 3 rings (SSSR count). The Hall–Kier alpha value is -3.27. The van der Waals surface area contributed by atoms with Crippen LogP contribution < -0.4 is 15.4 Å². The number of amides is 2. The van der Waals surface area contributed by atoms with E-state index in [-0.39, 0.29) is 22.1 Å². The van der Waals surface area contributed by atoms with E-state index in [9.17, 15) is 22.4 Å². The maximum Gasteiger partial charge on any atom is 0.263 e. The lowest BCUT2D eigenvalue weighted by molar-refractivity contribution is -0.117. The maximum atomic E-state index is 13.7. The van der Waals surface area contributed by atoms with E-state index >= 15 is 0 Å². The van der Waals surface area contributed by atoms with Crippen LogP contribution in [0, 0.1) is 5.82 Å². The van der Waals surface area contributed by atoms with Crippen molar-refractivity contribution >= 4 is 39.0 Å². The van der Waals surface area contributed by atoms with Crippen LogP contribution in [-0.4, -0.2) is 32.1 Å².